The zero-order valence-corrected chi connectivity index (χ0v) is 14.3. The van der Waals surface area contributed by atoms with Crippen molar-refractivity contribution in [1.29, 1.82) is 0 Å². The average Bonchev–Trinajstić information content (AvgIpc) is 2.92. The fourth-order valence-corrected chi connectivity index (χ4v) is 4.68. The number of thiazole rings is 1. The summed E-state index contributed by atoms with van der Waals surface area (Å²) < 4.78 is 33.4. The summed E-state index contributed by atoms with van der Waals surface area (Å²) in [5, 5.41) is 0.610. The Morgan fingerprint density at radius 1 is 1.12 bits per heavy atom. The Labute approximate surface area is 143 Å². The molecule has 2 heterocycles. The van der Waals surface area contributed by atoms with E-state index in [1.807, 2.05) is 6.92 Å². The van der Waals surface area contributed by atoms with Gasteiger partial charge in [-0.15, -0.1) is 0 Å². The van der Waals surface area contributed by atoms with Gasteiger partial charge in [0.05, 0.1) is 4.90 Å². The van der Waals surface area contributed by atoms with Crippen LogP contribution in [0.5, 0.6) is 10.8 Å². The molecule has 24 heavy (non-hydrogen) atoms. The molecule has 8 heteroatoms. The highest BCUT2D eigenvalue weighted by molar-refractivity contribution is 7.93. The fraction of sp³-hybridized carbons (Fsp3) is 0.0625. The van der Waals surface area contributed by atoms with Crippen molar-refractivity contribution in [3.05, 3.63) is 54.1 Å². The van der Waals surface area contributed by atoms with Crippen molar-refractivity contribution in [2.45, 2.75) is 11.8 Å². The minimum atomic E-state index is -3.85. The van der Waals surface area contributed by atoms with Gasteiger partial charge in [-0.3, -0.25) is 0 Å². The maximum absolute atomic E-state index is 13.2. The minimum absolute atomic E-state index is 0.183. The molecule has 0 spiro atoms. The van der Waals surface area contributed by atoms with Gasteiger partial charge in [0.2, 0.25) is 10.9 Å². The lowest BCUT2D eigenvalue weighted by Crippen LogP contribution is -2.29. The van der Waals surface area contributed by atoms with Gasteiger partial charge in [0.1, 0.15) is 5.69 Å². The summed E-state index contributed by atoms with van der Waals surface area (Å²) >= 11 is 1.11. The summed E-state index contributed by atoms with van der Waals surface area (Å²) in [5.74, 6) is 0.640. The van der Waals surface area contributed by atoms with E-state index in [4.69, 9.17) is 10.5 Å². The summed E-state index contributed by atoms with van der Waals surface area (Å²) in [5.41, 5.74) is 7.16. The molecular weight excluding hydrogens is 346 g/mol. The largest absolute Gasteiger partial charge is 0.440 e. The Kier molecular flexibility index (Phi) is 3.26. The van der Waals surface area contributed by atoms with Crippen LogP contribution in [0.1, 0.15) is 5.56 Å². The Morgan fingerprint density at radius 2 is 1.83 bits per heavy atom. The SMILES string of the molecule is Cc1ccc(S(=O)(=O)N2c3ccccc3Oc3sc(N)nc32)cc1. The molecule has 2 N–H and O–H groups in total. The van der Waals surface area contributed by atoms with Gasteiger partial charge in [-0.05, 0) is 31.2 Å². The van der Waals surface area contributed by atoms with Crippen molar-refractivity contribution in [3.63, 3.8) is 0 Å². The van der Waals surface area contributed by atoms with Crippen molar-refractivity contribution in [2.24, 2.45) is 0 Å². The smallest absolute Gasteiger partial charge is 0.270 e. The van der Waals surface area contributed by atoms with Crippen LogP contribution < -0.4 is 14.8 Å². The number of nitrogen functional groups attached to an aromatic ring is 1. The van der Waals surface area contributed by atoms with E-state index in [0.29, 0.717) is 16.5 Å². The van der Waals surface area contributed by atoms with Gasteiger partial charge < -0.3 is 10.5 Å². The molecule has 0 aliphatic carbocycles. The monoisotopic (exact) mass is 359 g/mol. The second kappa shape index (κ2) is 5.22. The number of benzene rings is 2. The van der Waals surface area contributed by atoms with E-state index in [1.54, 1.807) is 48.5 Å². The lowest BCUT2D eigenvalue weighted by atomic mass is 10.2. The molecule has 0 unspecified atom stereocenters. The zero-order valence-electron chi connectivity index (χ0n) is 12.6. The maximum atomic E-state index is 13.2. The highest BCUT2D eigenvalue weighted by atomic mass is 32.2. The Balaban J connectivity index is 1.95. The third kappa shape index (κ3) is 2.22. The van der Waals surface area contributed by atoms with Crippen molar-refractivity contribution in [2.75, 3.05) is 10.0 Å². The third-order valence-electron chi connectivity index (χ3n) is 3.63. The zero-order chi connectivity index (χ0) is 16.9. The standard InChI is InChI=1S/C16H13N3O3S2/c1-10-6-8-11(9-7-10)24(20,21)19-12-4-2-3-5-13(12)22-15-14(19)18-16(17)23-15/h2-9H,1H3,(H2,17,18). The number of ether oxygens (including phenoxy) is 1. The number of nitrogens with two attached hydrogens (primary N) is 1. The van der Waals surface area contributed by atoms with Gasteiger partial charge in [0.15, 0.2) is 10.9 Å². The molecule has 1 aliphatic heterocycles. The van der Waals surface area contributed by atoms with Crippen LogP contribution in [0.4, 0.5) is 16.6 Å². The quantitative estimate of drug-likeness (QED) is 0.754. The molecular formula is C16H13N3O3S2. The number of hydrogen-bond acceptors (Lipinski definition) is 6. The number of nitrogens with zero attached hydrogens (tertiary/aromatic N) is 2. The molecule has 6 nitrogen and oxygen atoms in total. The molecule has 0 saturated heterocycles. The molecule has 0 amide bonds. The van der Waals surface area contributed by atoms with Crippen LogP contribution in [0.15, 0.2) is 53.4 Å². The molecule has 1 aromatic heterocycles. The minimum Gasteiger partial charge on any atom is -0.440 e. The molecule has 3 aromatic rings. The van der Waals surface area contributed by atoms with E-state index in [2.05, 4.69) is 4.98 Å². The van der Waals surface area contributed by atoms with Crippen LogP contribution >= 0.6 is 11.3 Å². The normalized spacial score (nSPS) is 13.1. The second-order valence-electron chi connectivity index (χ2n) is 5.32. The molecule has 0 bridgehead atoms. The second-order valence-corrected chi connectivity index (χ2v) is 8.10. The van der Waals surface area contributed by atoms with E-state index in [9.17, 15) is 8.42 Å². The van der Waals surface area contributed by atoms with E-state index < -0.39 is 10.0 Å². The number of anilines is 3. The van der Waals surface area contributed by atoms with E-state index in [-0.39, 0.29) is 15.8 Å². The Hall–Kier alpha value is -2.58. The van der Waals surface area contributed by atoms with Gasteiger partial charge >= 0.3 is 0 Å². The highest BCUT2D eigenvalue weighted by Gasteiger charge is 2.37. The predicted octanol–water partition coefficient (Wildman–Crippen LogP) is 3.67. The molecule has 0 radical (unpaired) electrons. The third-order valence-corrected chi connectivity index (χ3v) is 6.10. The molecule has 2 aromatic carbocycles. The molecule has 0 fully saturated rings. The number of sulfonamides is 1. The average molecular weight is 359 g/mol. The lowest BCUT2D eigenvalue weighted by Gasteiger charge is -2.28. The van der Waals surface area contributed by atoms with Crippen LogP contribution in [0, 0.1) is 6.92 Å². The summed E-state index contributed by atoms with van der Waals surface area (Å²) in [6, 6.07) is 13.6. The first-order valence-electron chi connectivity index (χ1n) is 7.12. The van der Waals surface area contributed by atoms with Crippen molar-refractivity contribution >= 4 is 38.0 Å². The van der Waals surface area contributed by atoms with Crippen LogP contribution in [0.25, 0.3) is 0 Å². The number of aryl methyl sites for hydroxylation is 1. The van der Waals surface area contributed by atoms with E-state index >= 15 is 0 Å². The summed E-state index contributed by atoms with van der Waals surface area (Å²) in [6.45, 7) is 1.90. The maximum Gasteiger partial charge on any atom is 0.270 e. The highest BCUT2D eigenvalue weighted by Crippen LogP contribution is 2.51. The molecule has 122 valence electrons. The van der Waals surface area contributed by atoms with Gasteiger partial charge in [0.25, 0.3) is 10.0 Å². The number of hydrogen-bond donors (Lipinski definition) is 1. The summed E-state index contributed by atoms with van der Waals surface area (Å²) in [4.78, 5) is 4.34. The number of para-hydroxylation sites is 2. The van der Waals surface area contributed by atoms with Gasteiger partial charge in [0, 0.05) is 0 Å². The predicted molar refractivity (Wildman–Crippen MR) is 93.5 cm³/mol. The molecule has 0 saturated carbocycles. The summed E-state index contributed by atoms with van der Waals surface area (Å²) in [6.07, 6.45) is 0. The van der Waals surface area contributed by atoms with Crippen LogP contribution in [0.3, 0.4) is 0 Å². The Morgan fingerprint density at radius 3 is 2.58 bits per heavy atom. The first-order chi connectivity index (χ1) is 11.5. The number of rotatable bonds is 2. The van der Waals surface area contributed by atoms with Crippen molar-refractivity contribution in [3.8, 4) is 10.8 Å². The topological polar surface area (TPSA) is 85.5 Å². The van der Waals surface area contributed by atoms with Gasteiger partial charge in [-0.2, -0.15) is 4.98 Å². The molecule has 4 rings (SSSR count). The Bertz CT molecular complexity index is 1030. The van der Waals surface area contributed by atoms with Crippen molar-refractivity contribution in [1.82, 2.24) is 4.98 Å². The van der Waals surface area contributed by atoms with E-state index in [0.717, 1.165) is 16.9 Å². The molecule has 1 aliphatic rings. The van der Waals surface area contributed by atoms with E-state index in [1.165, 1.54) is 4.31 Å². The first-order valence-corrected chi connectivity index (χ1v) is 9.37. The van der Waals surface area contributed by atoms with Crippen LogP contribution in [-0.2, 0) is 10.0 Å². The van der Waals surface area contributed by atoms with Crippen LogP contribution in [0.2, 0.25) is 0 Å². The molecule has 0 atom stereocenters. The first kappa shape index (κ1) is 15.0. The van der Waals surface area contributed by atoms with Gasteiger partial charge in [-0.25, -0.2) is 12.7 Å². The lowest BCUT2D eigenvalue weighted by molar-refractivity contribution is 0.488. The van der Waals surface area contributed by atoms with Gasteiger partial charge in [-0.1, -0.05) is 41.2 Å². The summed E-state index contributed by atoms with van der Waals surface area (Å²) in [7, 11) is -3.85. The van der Waals surface area contributed by atoms with Crippen LogP contribution in [-0.4, -0.2) is 13.4 Å². The van der Waals surface area contributed by atoms with Crippen molar-refractivity contribution < 1.29 is 13.2 Å². The number of fused-ring (bicyclic) bond motifs is 2. The fourth-order valence-electron chi connectivity index (χ4n) is 2.49. The number of aromatic nitrogens is 1.